The molecule has 39 heavy (non-hydrogen) atoms. The number of hydrogen-bond donors (Lipinski definition) is 0. The Labute approximate surface area is 238 Å². The first kappa shape index (κ1) is 26.8. The number of ether oxygens (including phenoxy) is 2. The Hall–Kier alpha value is -3.75. The van der Waals surface area contributed by atoms with Crippen molar-refractivity contribution in [3.63, 3.8) is 0 Å². The molecule has 3 aromatic carbocycles. The van der Waals surface area contributed by atoms with E-state index in [4.69, 9.17) is 14.5 Å². The molecule has 0 amide bonds. The van der Waals surface area contributed by atoms with E-state index in [2.05, 4.69) is 15.9 Å². The molecular formula is C31H27BrN2O4S. The van der Waals surface area contributed by atoms with Crippen LogP contribution in [0.2, 0.25) is 0 Å². The van der Waals surface area contributed by atoms with E-state index in [9.17, 15) is 9.59 Å². The molecule has 1 aliphatic heterocycles. The van der Waals surface area contributed by atoms with Crippen LogP contribution in [0.1, 0.15) is 43.5 Å². The van der Waals surface area contributed by atoms with Crippen molar-refractivity contribution in [3.8, 4) is 5.75 Å². The normalized spacial score (nSPS) is 15.2. The maximum atomic E-state index is 13.9. The Bertz CT molecular complexity index is 1720. The summed E-state index contributed by atoms with van der Waals surface area (Å²) in [7, 11) is 0. The first-order chi connectivity index (χ1) is 18.9. The van der Waals surface area contributed by atoms with Crippen molar-refractivity contribution in [2.24, 2.45) is 4.99 Å². The highest BCUT2D eigenvalue weighted by atomic mass is 79.9. The molecule has 1 atom stereocenters. The molecule has 6 nitrogen and oxygen atoms in total. The van der Waals surface area contributed by atoms with E-state index in [0.717, 1.165) is 26.9 Å². The highest BCUT2D eigenvalue weighted by Crippen LogP contribution is 2.35. The number of nitrogens with zero attached hydrogens (tertiary/aromatic N) is 2. The monoisotopic (exact) mass is 602 g/mol. The van der Waals surface area contributed by atoms with Gasteiger partial charge in [-0.05, 0) is 66.0 Å². The van der Waals surface area contributed by atoms with Crippen LogP contribution < -0.4 is 19.6 Å². The van der Waals surface area contributed by atoms with Gasteiger partial charge in [0.15, 0.2) is 4.80 Å². The van der Waals surface area contributed by atoms with Crippen LogP contribution in [0.3, 0.4) is 0 Å². The van der Waals surface area contributed by atoms with E-state index < -0.39 is 12.0 Å². The molecule has 198 valence electrons. The quantitative estimate of drug-likeness (QED) is 0.262. The van der Waals surface area contributed by atoms with Gasteiger partial charge >= 0.3 is 5.97 Å². The summed E-state index contributed by atoms with van der Waals surface area (Å²) in [6, 6.07) is 24.1. The van der Waals surface area contributed by atoms with Gasteiger partial charge in [-0.2, -0.15) is 0 Å². The summed E-state index contributed by atoms with van der Waals surface area (Å²) in [4.78, 5) is 32.8. The van der Waals surface area contributed by atoms with Crippen molar-refractivity contribution >= 4 is 45.0 Å². The Morgan fingerprint density at radius 3 is 2.41 bits per heavy atom. The van der Waals surface area contributed by atoms with Crippen LogP contribution in [0.5, 0.6) is 5.75 Å². The van der Waals surface area contributed by atoms with Gasteiger partial charge in [0.05, 0.1) is 39.0 Å². The van der Waals surface area contributed by atoms with Crippen LogP contribution in [0, 0.1) is 0 Å². The molecular weight excluding hydrogens is 576 g/mol. The molecule has 0 aliphatic carbocycles. The van der Waals surface area contributed by atoms with E-state index in [0.29, 0.717) is 20.6 Å². The topological polar surface area (TPSA) is 69.9 Å². The molecule has 4 aromatic rings. The average Bonchev–Trinajstić information content (AvgIpc) is 3.24. The number of thiazole rings is 1. The maximum absolute atomic E-state index is 13.9. The first-order valence-electron chi connectivity index (χ1n) is 12.7. The molecule has 0 radical (unpaired) electrons. The molecule has 0 N–H and O–H groups in total. The second kappa shape index (κ2) is 11.6. The standard InChI is InChI=1S/C31H27BrN2O4S/c1-4-37-30(36)26-27(21-11-7-5-8-12-21)33-31-34(28(26)22-13-9-6-10-14-22)29(35)25(39-31)18-20-15-16-24(23(32)17-20)38-19(2)3/h5-19,28H,4H2,1-3H3/b25-18-/t28-/m1/s1. The fourth-order valence-corrected chi connectivity index (χ4v) is 5.99. The lowest BCUT2D eigenvalue weighted by Gasteiger charge is -2.25. The summed E-state index contributed by atoms with van der Waals surface area (Å²) in [6.45, 7) is 5.92. The molecule has 2 heterocycles. The van der Waals surface area contributed by atoms with Gasteiger partial charge < -0.3 is 9.47 Å². The van der Waals surface area contributed by atoms with Gasteiger partial charge in [0.25, 0.3) is 5.56 Å². The first-order valence-corrected chi connectivity index (χ1v) is 14.3. The number of carbonyl (C=O) groups is 1. The molecule has 0 saturated carbocycles. The van der Waals surface area contributed by atoms with Crippen LogP contribution in [0.15, 0.2) is 98.7 Å². The van der Waals surface area contributed by atoms with Crippen LogP contribution in [-0.2, 0) is 9.53 Å². The summed E-state index contributed by atoms with van der Waals surface area (Å²) < 4.78 is 14.2. The Morgan fingerprint density at radius 1 is 1.08 bits per heavy atom. The van der Waals surface area contributed by atoms with Crippen LogP contribution in [0.25, 0.3) is 11.8 Å². The highest BCUT2D eigenvalue weighted by Gasteiger charge is 2.35. The lowest BCUT2D eigenvalue weighted by atomic mass is 9.93. The lowest BCUT2D eigenvalue weighted by molar-refractivity contribution is -0.138. The summed E-state index contributed by atoms with van der Waals surface area (Å²) in [6.07, 6.45) is 1.88. The van der Waals surface area contributed by atoms with E-state index in [1.807, 2.05) is 98.8 Å². The van der Waals surface area contributed by atoms with Gasteiger partial charge in [0.2, 0.25) is 0 Å². The third kappa shape index (κ3) is 5.53. The van der Waals surface area contributed by atoms with Gasteiger partial charge in [0, 0.05) is 5.56 Å². The van der Waals surface area contributed by atoms with E-state index in [-0.39, 0.29) is 18.3 Å². The van der Waals surface area contributed by atoms with Crippen molar-refractivity contribution in [3.05, 3.63) is 125 Å². The van der Waals surface area contributed by atoms with Gasteiger partial charge in [-0.15, -0.1) is 0 Å². The highest BCUT2D eigenvalue weighted by molar-refractivity contribution is 9.10. The number of carbonyl (C=O) groups excluding carboxylic acids is 1. The third-order valence-corrected chi connectivity index (χ3v) is 7.71. The molecule has 0 bridgehead atoms. The largest absolute Gasteiger partial charge is 0.490 e. The smallest absolute Gasteiger partial charge is 0.338 e. The summed E-state index contributed by atoms with van der Waals surface area (Å²) >= 11 is 4.87. The number of fused-ring (bicyclic) bond motifs is 1. The zero-order chi connectivity index (χ0) is 27.5. The maximum Gasteiger partial charge on any atom is 0.338 e. The van der Waals surface area contributed by atoms with Crippen LogP contribution >= 0.6 is 27.3 Å². The summed E-state index contributed by atoms with van der Waals surface area (Å²) in [5.41, 5.74) is 3.05. The minimum atomic E-state index is -0.688. The Morgan fingerprint density at radius 2 is 1.77 bits per heavy atom. The van der Waals surface area contributed by atoms with Crippen molar-refractivity contribution in [2.75, 3.05) is 6.61 Å². The number of esters is 1. The number of aromatic nitrogens is 1. The van der Waals surface area contributed by atoms with Crippen molar-refractivity contribution < 1.29 is 14.3 Å². The van der Waals surface area contributed by atoms with Gasteiger partial charge in [-0.3, -0.25) is 9.36 Å². The van der Waals surface area contributed by atoms with Gasteiger partial charge in [0.1, 0.15) is 5.75 Å². The number of hydrogen-bond acceptors (Lipinski definition) is 6. The molecule has 0 spiro atoms. The molecule has 1 aromatic heterocycles. The fourth-order valence-electron chi connectivity index (χ4n) is 4.50. The number of rotatable bonds is 7. The SMILES string of the molecule is CCOC(=O)C1=C(c2ccccc2)N=c2s/c(=C\c3ccc(OC(C)C)c(Br)c3)c(=O)n2[C@@H]1c1ccccc1. The van der Waals surface area contributed by atoms with Crippen molar-refractivity contribution in [1.82, 2.24) is 4.57 Å². The van der Waals surface area contributed by atoms with Crippen molar-refractivity contribution in [1.29, 1.82) is 0 Å². The molecule has 1 aliphatic rings. The second-order valence-corrected chi connectivity index (χ2v) is 11.1. The number of halogens is 1. The summed E-state index contributed by atoms with van der Waals surface area (Å²) in [5.74, 6) is 0.243. The minimum Gasteiger partial charge on any atom is -0.490 e. The Kier molecular flexibility index (Phi) is 7.95. The molecule has 0 saturated heterocycles. The van der Waals surface area contributed by atoms with E-state index in [1.165, 1.54) is 11.3 Å². The molecule has 0 fully saturated rings. The van der Waals surface area contributed by atoms with Crippen LogP contribution in [-0.4, -0.2) is 23.2 Å². The summed E-state index contributed by atoms with van der Waals surface area (Å²) in [5, 5.41) is 0. The predicted molar refractivity (Wildman–Crippen MR) is 157 cm³/mol. The zero-order valence-electron chi connectivity index (χ0n) is 21.8. The lowest BCUT2D eigenvalue weighted by Crippen LogP contribution is -2.39. The molecule has 0 unspecified atom stereocenters. The average molecular weight is 604 g/mol. The second-order valence-electron chi connectivity index (χ2n) is 9.20. The molecule has 8 heteroatoms. The van der Waals surface area contributed by atoms with Gasteiger partial charge in [-0.25, -0.2) is 9.79 Å². The fraction of sp³-hybridized carbons (Fsp3) is 0.194. The van der Waals surface area contributed by atoms with Crippen LogP contribution in [0.4, 0.5) is 0 Å². The minimum absolute atomic E-state index is 0.0428. The Balaban J connectivity index is 1.74. The van der Waals surface area contributed by atoms with Crippen molar-refractivity contribution in [2.45, 2.75) is 32.9 Å². The number of benzene rings is 3. The van der Waals surface area contributed by atoms with E-state index in [1.54, 1.807) is 11.5 Å². The predicted octanol–water partition coefficient (Wildman–Crippen LogP) is 5.49. The third-order valence-electron chi connectivity index (χ3n) is 6.11. The zero-order valence-corrected chi connectivity index (χ0v) is 24.2. The van der Waals surface area contributed by atoms with Gasteiger partial charge in [-0.1, -0.05) is 78.1 Å². The van der Waals surface area contributed by atoms with E-state index >= 15 is 0 Å². The molecule has 5 rings (SSSR count).